The molecule has 8 heteroatoms. The lowest BCUT2D eigenvalue weighted by Crippen LogP contribution is -2.34. The number of aryl methyl sites for hydroxylation is 1. The number of nitrogens with one attached hydrogen (secondary N) is 1. The number of aliphatic hydroxyl groups is 1. The number of ether oxygens (including phenoxy) is 1. The van der Waals surface area contributed by atoms with Gasteiger partial charge in [0, 0.05) is 6.08 Å². The Balaban J connectivity index is 2.19. The number of benzene rings is 1. The normalized spacial score (nSPS) is 14.5. The van der Waals surface area contributed by atoms with Gasteiger partial charge in [0.1, 0.15) is 18.1 Å². The molecule has 0 fully saturated rings. The van der Waals surface area contributed by atoms with Gasteiger partial charge in [-0.15, -0.1) is 0 Å². The molecule has 1 aromatic rings. The third kappa shape index (κ3) is 4.04. The minimum atomic E-state index is -2.63. The number of β-amino-alcohol motifs (C(OH)–C–C–N with tert-alkyl or cyclic N) is 1. The second kappa shape index (κ2) is 7.19. The van der Waals surface area contributed by atoms with Gasteiger partial charge in [0.25, 0.3) is 18.2 Å². The van der Waals surface area contributed by atoms with E-state index in [1.807, 2.05) is 0 Å². The zero-order valence-corrected chi connectivity index (χ0v) is 12.4. The lowest BCUT2D eigenvalue weighted by molar-refractivity contribution is -0.137. The van der Waals surface area contributed by atoms with Crippen molar-refractivity contribution >= 4 is 17.5 Å². The molecule has 0 atom stereocenters. The summed E-state index contributed by atoms with van der Waals surface area (Å²) < 4.78 is 29.6. The number of amides is 2. The summed E-state index contributed by atoms with van der Waals surface area (Å²) in [5, 5.41) is 11.6. The summed E-state index contributed by atoms with van der Waals surface area (Å²) in [6.07, 6.45) is -1.53. The number of halogens is 2. The van der Waals surface area contributed by atoms with Crippen LogP contribution in [0, 0.1) is 6.92 Å². The highest BCUT2D eigenvalue weighted by atomic mass is 19.3. The van der Waals surface area contributed by atoms with Crippen molar-refractivity contribution in [3.8, 4) is 5.75 Å². The molecule has 1 heterocycles. The van der Waals surface area contributed by atoms with E-state index in [0.29, 0.717) is 5.69 Å². The van der Waals surface area contributed by atoms with Crippen molar-refractivity contribution in [1.82, 2.24) is 4.90 Å². The Kier molecular flexibility index (Phi) is 5.28. The van der Waals surface area contributed by atoms with E-state index < -0.39 is 24.8 Å². The predicted molar refractivity (Wildman–Crippen MR) is 78.2 cm³/mol. The lowest BCUT2D eigenvalue weighted by Gasteiger charge is -2.16. The molecule has 6 nitrogen and oxygen atoms in total. The number of hydrogen-bond acceptors (Lipinski definition) is 5. The molecule has 2 N–H and O–H groups in total. The molecule has 124 valence electrons. The van der Waals surface area contributed by atoms with Crippen LogP contribution >= 0.6 is 0 Å². The summed E-state index contributed by atoms with van der Waals surface area (Å²) in [4.78, 5) is 24.7. The molecule has 23 heavy (non-hydrogen) atoms. The Bertz CT molecular complexity index is 646. The maximum Gasteiger partial charge on any atom is 0.277 e. The number of anilines is 1. The molecule has 0 radical (unpaired) electrons. The van der Waals surface area contributed by atoms with Gasteiger partial charge in [-0.25, -0.2) is 8.78 Å². The van der Waals surface area contributed by atoms with Gasteiger partial charge >= 0.3 is 0 Å². The molecule has 1 aromatic carbocycles. The Morgan fingerprint density at radius 3 is 2.74 bits per heavy atom. The first-order valence-corrected chi connectivity index (χ1v) is 6.89. The Hall–Kier alpha value is -2.48. The van der Waals surface area contributed by atoms with Gasteiger partial charge in [0.2, 0.25) is 0 Å². The maximum atomic E-state index is 12.3. The van der Waals surface area contributed by atoms with Crippen molar-refractivity contribution in [3.63, 3.8) is 0 Å². The summed E-state index contributed by atoms with van der Waals surface area (Å²) in [5.74, 6) is -0.989. The van der Waals surface area contributed by atoms with Crippen molar-refractivity contribution in [2.24, 2.45) is 0 Å². The molecule has 0 saturated carbocycles. The van der Waals surface area contributed by atoms with Crippen LogP contribution in [0.25, 0.3) is 0 Å². The summed E-state index contributed by atoms with van der Waals surface area (Å²) in [6.45, 7) is 0.560. The molecule has 1 aliphatic rings. The Morgan fingerprint density at radius 1 is 1.35 bits per heavy atom. The second-order valence-corrected chi connectivity index (χ2v) is 4.90. The van der Waals surface area contributed by atoms with Crippen molar-refractivity contribution in [2.75, 3.05) is 25.1 Å². The fraction of sp³-hybridized carbons (Fsp3) is 0.333. The highest BCUT2D eigenvalue weighted by Crippen LogP contribution is 2.28. The smallest absolute Gasteiger partial charge is 0.277 e. The topological polar surface area (TPSA) is 78.9 Å². The van der Waals surface area contributed by atoms with Crippen LogP contribution in [0.2, 0.25) is 0 Å². The number of imide groups is 1. The number of rotatable bonds is 7. The number of carbonyl (C=O) groups is 2. The molecule has 0 aliphatic carbocycles. The van der Waals surface area contributed by atoms with Gasteiger partial charge < -0.3 is 15.2 Å². The third-order valence-corrected chi connectivity index (χ3v) is 3.10. The van der Waals surface area contributed by atoms with Crippen molar-refractivity contribution in [1.29, 1.82) is 0 Å². The van der Waals surface area contributed by atoms with Gasteiger partial charge in [-0.05, 0) is 24.6 Å². The van der Waals surface area contributed by atoms with Crippen LogP contribution in [0.4, 0.5) is 14.5 Å². The van der Waals surface area contributed by atoms with E-state index in [4.69, 9.17) is 9.84 Å². The predicted octanol–water partition coefficient (Wildman–Crippen LogP) is 1.30. The highest BCUT2D eigenvalue weighted by Gasteiger charge is 2.31. The maximum absolute atomic E-state index is 12.3. The number of hydrogen-bond donors (Lipinski definition) is 2. The van der Waals surface area contributed by atoms with Gasteiger partial charge in [-0.2, -0.15) is 0 Å². The van der Waals surface area contributed by atoms with Crippen LogP contribution in [-0.2, 0) is 9.59 Å². The van der Waals surface area contributed by atoms with Gasteiger partial charge in [-0.3, -0.25) is 14.5 Å². The Labute approximate surface area is 131 Å². The molecule has 1 aliphatic heterocycles. The molecule has 2 rings (SSSR count). The van der Waals surface area contributed by atoms with Crippen LogP contribution in [0.1, 0.15) is 5.56 Å². The molecular formula is C15H16F2N2O4. The van der Waals surface area contributed by atoms with Crippen molar-refractivity contribution in [2.45, 2.75) is 13.3 Å². The Morgan fingerprint density at radius 2 is 2.09 bits per heavy atom. The fourth-order valence-electron chi connectivity index (χ4n) is 2.08. The van der Waals surface area contributed by atoms with Crippen LogP contribution in [0.15, 0.2) is 30.0 Å². The largest absolute Gasteiger partial charge is 0.485 e. The molecular weight excluding hydrogens is 310 g/mol. The van der Waals surface area contributed by atoms with E-state index in [-0.39, 0.29) is 24.6 Å². The van der Waals surface area contributed by atoms with Crippen LogP contribution in [0.3, 0.4) is 0 Å². The van der Waals surface area contributed by atoms with E-state index in [0.717, 1.165) is 16.5 Å². The average molecular weight is 326 g/mol. The molecule has 0 spiro atoms. The van der Waals surface area contributed by atoms with Crippen molar-refractivity contribution < 1.29 is 28.2 Å². The summed E-state index contributed by atoms with van der Waals surface area (Å²) in [5.41, 5.74) is 1.13. The highest BCUT2D eigenvalue weighted by molar-refractivity contribution is 6.17. The number of nitrogens with zero attached hydrogens (tertiary/aromatic N) is 1. The van der Waals surface area contributed by atoms with E-state index in [9.17, 15) is 18.4 Å². The van der Waals surface area contributed by atoms with Gasteiger partial charge in [-0.1, -0.05) is 6.07 Å². The molecule has 0 bridgehead atoms. The zero-order chi connectivity index (χ0) is 17.0. The van der Waals surface area contributed by atoms with Crippen LogP contribution < -0.4 is 10.1 Å². The summed E-state index contributed by atoms with van der Waals surface area (Å²) in [6, 6.07) is 4.81. The quantitative estimate of drug-likeness (QED) is 0.738. The zero-order valence-electron chi connectivity index (χ0n) is 12.4. The second-order valence-electron chi connectivity index (χ2n) is 4.90. The van der Waals surface area contributed by atoms with Gasteiger partial charge in [0.15, 0.2) is 0 Å². The first-order valence-electron chi connectivity index (χ1n) is 6.89. The first kappa shape index (κ1) is 16.9. The van der Waals surface area contributed by atoms with E-state index in [2.05, 4.69) is 5.32 Å². The van der Waals surface area contributed by atoms with Crippen molar-refractivity contribution in [3.05, 3.63) is 35.5 Å². The molecule has 0 unspecified atom stereocenters. The number of alkyl halides is 2. The van der Waals surface area contributed by atoms with E-state index in [1.54, 1.807) is 19.1 Å². The minimum absolute atomic E-state index is 0.00375. The average Bonchev–Trinajstić information content (AvgIpc) is 2.74. The standard InChI is InChI=1S/C15H16F2N2O4/c1-9-2-3-12(23-8-13(16)17)10(6-9)18-11-7-14(21)19(4-5-20)15(11)22/h2-3,6-7,13,18,20H,4-5,8H2,1H3. The van der Waals surface area contributed by atoms with Crippen LogP contribution in [0.5, 0.6) is 5.75 Å². The van der Waals surface area contributed by atoms with E-state index >= 15 is 0 Å². The SMILES string of the molecule is Cc1ccc(OCC(F)F)c(NC2=CC(=O)N(CCO)C2=O)c1. The first-order chi connectivity index (χ1) is 10.9. The number of carbonyl (C=O) groups excluding carboxylic acids is 2. The molecule has 0 aromatic heterocycles. The molecule has 0 saturated heterocycles. The monoisotopic (exact) mass is 326 g/mol. The van der Waals surface area contributed by atoms with Gasteiger partial charge in [0.05, 0.1) is 18.8 Å². The van der Waals surface area contributed by atoms with Crippen LogP contribution in [-0.4, -0.2) is 48.0 Å². The third-order valence-electron chi connectivity index (χ3n) is 3.10. The molecule has 2 amide bonds. The number of aliphatic hydroxyl groups excluding tert-OH is 1. The summed E-state index contributed by atoms with van der Waals surface area (Å²) in [7, 11) is 0. The van der Waals surface area contributed by atoms with E-state index in [1.165, 1.54) is 6.07 Å². The summed E-state index contributed by atoms with van der Waals surface area (Å²) >= 11 is 0. The lowest BCUT2D eigenvalue weighted by atomic mass is 10.2. The minimum Gasteiger partial charge on any atom is -0.485 e. The fourth-order valence-corrected chi connectivity index (χ4v) is 2.08.